The second kappa shape index (κ2) is 11.7. The molecule has 1 heterocycles. The zero-order valence-electron chi connectivity index (χ0n) is 17.1. The fourth-order valence-electron chi connectivity index (χ4n) is 3.36. The van der Waals surface area contributed by atoms with Crippen molar-refractivity contribution in [3.05, 3.63) is 29.8 Å². The Bertz CT molecular complexity index is 638. The van der Waals surface area contributed by atoms with Crippen molar-refractivity contribution < 1.29 is 18.3 Å². The number of aliphatic imine (C=N–C) groups is 1. The van der Waals surface area contributed by atoms with Crippen LogP contribution in [0, 0.1) is 23.0 Å². The van der Waals surface area contributed by atoms with Gasteiger partial charge in [0.2, 0.25) is 0 Å². The Balaban J connectivity index is 0.00000392. The monoisotopic (exact) mass is 511 g/mol. The summed E-state index contributed by atoms with van der Waals surface area (Å²) in [7, 11) is 1.71. The number of benzene rings is 1. The molecule has 0 aliphatic carbocycles. The number of guanidine groups is 1. The van der Waals surface area contributed by atoms with Gasteiger partial charge in [-0.1, -0.05) is 20.8 Å². The molecule has 2 unspecified atom stereocenters. The zero-order valence-corrected chi connectivity index (χ0v) is 19.4. The van der Waals surface area contributed by atoms with Crippen molar-refractivity contribution in [2.24, 2.45) is 16.3 Å². The third-order valence-electron chi connectivity index (χ3n) is 4.61. The van der Waals surface area contributed by atoms with Crippen molar-refractivity contribution in [1.29, 1.82) is 0 Å². The van der Waals surface area contributed by atoms with Crippen molar-refractivity contribution in [3.63, 3.8) is 0 Å². The molecular weight excluding hydrogens is 479 g/mol. The van der Waals surface area contributed by atoms with E-state index in [-0.39, 0.29) is 35.5 Å². The highest BCUT2D eigenvalue weighted by molar-refractivity contribution is 14.0. The molecule has 1 aromatic rings. The molecule has 160 valence electrons. The summed E-state index contributed by atoms with van der Waals surface area (Å²) in [4.78, 5) is 4.22. The zero-order chi connectivity index (χ0) is 19.9. The van der Waals surface area contributed by atoms with Crippen LogP contribution in [0.1, 0.15) is 33.6 Å². The molecule has 1 aliphatic heterocycles. The second-order valence-corrected chi connectivity index (χ2v) is 7.86. The number of rotatable bonds is 6. The van der Waals surface area contributed by atoms with Gasteiger partial charge in [-0.05, 0) is 30.4 Å². The van der Waals surface area contributed by atoms with E-state index in [1.165, 1.54) is 6.07 Å². The molecule has 0 radical (unpaired) electrons. The third-order valence-corrected chi connectivity index (χ3v) is 4.61. The first kappa shape index (κ1) is 24.9. The molecule has 1 aliphatic rings. The molecule has 0 spiro atoms. The first-order valence-electron chi connectivity index (χ1n) is 9.45. The van der Waals surface area contributed by atoms with Crippen LogP contribution in [0.3, 0.4) is 0 Å². The molecular formula is C20H32F2IN3O2. The van der Waals surface area contributed by atoms with Gasteiger partial charge in [0.15, 0.2) is 17.6 Å². The molecule has 28 heavy (non-hydrogen) atoms. The van der Waals surface area contributed by atoms with E-state index < -0.39 is 11.6 Å². The van der Waals surface area contributed by atoms with Crippen molar-refractivity contribution in [3.8, 4) is 5.75 Å². The second-order valence-electron chi connectivity index (χ2n) is 7.86. The topological polar surface area (TPSA) is 54.9 Å². The lowest BCUT2D eigenvalue weighted by Crippen LogP contribution is -2.48. The van der Waals surface area contributed by atoms with Gasteiger partial charge in [0.25, 0.3) is 0 Å². The maximum absolute atomic E-state index is 13.2. The highest BCUT2D eigenvalue weighted by Crippen LogP contribution is 2.33. The van der Waals surface area contributed by atoms with E-state index in [1.54, 1.807) is 7.05 Å². The molecule has 8 heteroatoms. The minimum atomic E-state index is -0.916. The van der Waals surface area contributed by atoms with Crippen molar-refractivity contribution in [1.82, 2.24) is 10.6 Å². The van der Waals surface area contributed by atoms with E-state index in [4.69, 9.17) is 9.47 Å². The Morgan fingerprint density at radius 2 is 2.00 bits per heavy atom. The standard InChI is InChI=1S/C20H31F2N3O2.HI/c1-20(2,3)18-14(6-5-10-27-18)13-25-19(23-4)24-9-11-26-15-7-8-16(21)17(22)12-15;/h7-8,12,14,18H,5-6,9-11,13H2,1-4H3,(H2,23,24,25);1H. The fraction of sp³-hybridized carbons (Fsp3) is 0.650. The molecule has 0 amide bonds. The average Bonchev–Trinajstić information content (AvgIpc) is 2.63. The first-order chi connectivity index (χ1) is 12.8. The predicted octanol–water partition coefficient (Wildman–Crippen LogP) is 3.97. The maximum atomic E-state index is 13.2. The summed E-state index contributed by atoms with van der Waals surface area (Å²) >= 11 is 0. The quantitative estimate of drug-likeness (QED) is 0.263. The summed E-state index contributed by atoms with van der Waals surface area (Å²) in [6.45, 7) is 9.03. The van der Waals surface area contributed by atoms with Crippen LogP contribution in [0.4, 0.5) is 8.78 Å². The van der Waals surface area contributed by atoms with Crippen LogP contribution < -0.4 is 15.4 Å². The van der Waals surface area contributed by atoms with Crippen LogP contribution in [0.5, 0.6) is 5.75 Å². The Hall–Kier alpha value is -1.16. The van der Waals surface area contributed by atoms with Crippen LogP contribution in [0.15, 0.2) is 23.2 Å². The van der Waals surface area contributed by atoms with Gasteiger partial charge in [-0.2, -0.15) is 0 Å². The minimum Gasteiger partial charge on any atom is -0.492 e. The van der Waals surface area contributed by atoms with Gasteiger partial charge < -0.3 is 20.1 Å². The van der Waals surface area contributed by atoms with Crippen molar-refractivity contribution in [2.45, 2.75) is 39.7 Å². The van der Waals surface area contributed by atoms with Gasteiger partial charge >= 0.3 is 0 Å². The smallest absolute Gasteiger partial charge is 0.191 e. The first-order valence-corrected chi connectivity index (χ1v) is 9.45. The maximum Gasteiger partial charge on any atom is 0.191 e. The summed E-state index contributed by atoms with van der Waals surface area (Å²) in [5.74, 6) is -0.393. The van der Waals surface area contributed by atoms with E-state index in [2.05, 4.69) is 36.4 Å². The van der Waals surface area contributed by atoms with Crippen LogP contribution in [-0.4, -0.2) is 45.4 Å². The number of hydrogen-bond donors (Lipinski definition) is 2. The molecule has 2 atom stereocenters. The van der Waals surface area contributed by atoms with Crippen LogP contribution >= 0.6 is 24.0 Å². The summed E-state index contributed by atoms with van der Waals surface area (Å²) in [6.07, 6.45) is 2.42. The Morgan fingerprint density at radius 3 is 2.64 bits per heavy atom. The van der Waals surface area contributed by atoms with E-state index in [0.717, 1.165) is 38.1 Å². The molecule has 1 fully saturated rings. The van der Waals surface area contributed by atoms with E-state index in [1.807, 2.05) is 0 Å². The van der Waals surface area contributed by atoms with E-state index in [0.29, 0.717) is 30.8 Å². The molecule has 0 saturated carbocycles. The van der Waals surface area contributed by atoms with Gasteiger partial charge in [-0.3, -0.25) is 4.99 Å². The van der Waals surface area contributed by atoms with Gasteiger partial charge in [-0.15, -0.1) is 24.0 Å². The molecule has 0 aromatic heterocycles. The van der Waals surface area contributed by atoms with E-state index in [9.17, 15) is 8.78 Å². The van der Waals surface area contributed by atoms with Crippen molar-refractivity contribution >= 4 is 29.9 Å². The lowest BCUT2D eigenvalue weighted by Gasteiger charge is -2.40. The van der Waals surface area contributed by atoms with Crippen LogP contribution in [-0.2, 0) is 4.74 Å². The normalized spacial score (nSPS) is 20.3. The summed E-state index contributed by atoms with van der Waals surface area (Å²) in [6, 6.07) is 3.50. The SMILES string of the molecule is CN=C(NCCOc1ccc(F)c(F)c1)NCC1CCCOC1C(C)(C)C.I. The van der Waals surface area contributed by atoms with Crippen molar-refractivity contribution in [2.75, 3.05) is 33.4 Å². The van der Waals surface area contributed by atoms with Gasteiger partial charge in [-0.25, -0.2) is 8.78 Å². The number of nitrogens with zero attached hydrogens (tertiary/aromatic N) is 1. The predicted molar refractivity (Wildman–Crippen MR) is 119 cm³/mol. The van der Waals surface area contributed by atoms with Gasteiger partial charge in [0.1, 0.15) is 12.4 Å². The average molecular weight is 511 g/mol. The highest BCUT2D eigenvalue weighted by atomic mass is 127. The number of ether oxygens (including phenoxy) is 2. The highest BCUT2D eigenvalue weighted by Gasteiger charge is 2.35. The number of nitrogens with one attached hydrogen (secondary N) is 2. The molecule has 2 N–H and O–H groups in total. The lowest BCUT2D eigenvalue weighted by molar-refractivity contribution is -0.0835. The summed E-state index contributed by atoms with van der Waals surface area (Å²) < 4.78 is 37.5. The Labute approximate surface area is 183 Å². The van der Waals surface area contributed by atoms with Gasteiger partial charge in [0, 0.05) is 32.2 Å². The van der Waals surface area contributed by atoms with Crippen LogP contribution in [0.25, 0.3) is 0 Å². The molecule has 5 nitrogen and oxygen atoms in total. The molecule has 2 rings (SSSR count). The Kier molecular flexibility index (Phi) is 10.4. The fourth-order valence-corrected chi connectivity index (χ4v) is 3.36. The molecule has 1 aromatic carbocycles. The third kappa shape index (κ3) is 7.69. The van der Waals surface area contributed by atoms with E-state index >= 15 is 0 Å². The molecule has 1 saturated heterocycles. The lowest BCUT2D eigenvalue weighted by atomic mass is 9.78. The minimum absolute atomic E-state index is 0. The number of halogens is 3. The summed E-state index contributed by atoms with van der Waals surface area (Å²) in [5.41, 5.74) is 0.0992. The van der Waals surface area contributed by atoms with Crippen LogP contribution in [0.2, 0.25) is 0 Å². The molecule has 0 bridgehead atoms. The summed E-state index contributed by atoms with van der Waals surface area (Å²) in [5, 5.41) is 6.51. The number of hydrogen-bond acceptors (Lipinski definition) is 3. The Morgan fingerprint density at radius 1 is 1.25 bits per heavy atom. The van der Waals surface area contributed by atoms with Gasteiger partial charge in [0.05, 0.1) is 12.6 Å². The largest absolute Gasteiger partial charge is 0.492 e.